The third-order valence-corrected chi connectivity index (χ3v) is 14.9. The molecule has 0 bridgehead atoms. The van der Waals surface area contributed by atoms with Gasteiger partial charge in [0.15, 0.2) is 0 Å². The molecule has 7 aromatic rings. The van der Waals surface area contributed by atoms with E-state index in [4.69, 9.17) is 39.9 Å². The number of benzene rings is 7. The lowest BCUT2D eigenvalue weighted by molar-refractivity contribution is 0.0882. The van der Waals surface area contributed by atoms with Crippen molar-refractivity contribution in [3.63, 3.8) is 0 Å². The van der Waals surface area contributed by atoms with E-state index in [1.807, 2.05) is 121 Å². The van der Waals surface area contributed by atoms with Crippen molar-refractivity contribution < 1.29 is 57.2 Å². The molecule has 0 radical (unpaired) electrons. The molecule has 2 aliphatic rings. The Morgan fingerprint density at radius 2 is 0.548 bits per heavy atom. The lowest BCUT2D eigenvalue weighted by atomic mass is 9.90. The molecule has 7 aromatic carbocycles. The van der Waals surface area contributed by atoms with E-state index in [2.05, 4.69) is 21.3 Å². The number of ether oxygens (including phenoxy) is 6. The summed E-state index contributed by atoms with van der Waals surface area (Å²) < 4.78 is 35.8. The van der Waals surface area contributed by atoms with Crippen LogP contribution in [0.25, 0.3) is 0 Å². The fourth-order valence-electron chi connectivity index (χ4n) is 10.4. The number of nitrogens with one attached hydrogen (secondary N) is 4. The van der Waals surface area contributed by atoms with Gasteiger partial charge in [-0.15, -0.1) is 0 Å². The summed E-state index contributed by atoms with van der Waals surface area (Å²) in [5.41, 5.74) is 15.7. The first kappa shape index (κ1) is 58.8. The second-order valence-electron chi connectivity index (χ2n) is 20.8. The topological polar surface area (TPSA) is 258 Å². The maximum Gasteiger partial charge on any atom is 0.255 e. The van der Waals surface area contributed by atoms with Crippen LogP contribution in [0.4, 0.5) is 0 Å². The first-order chi connectivity index (χ1) is 40.8. The van der Waals surface area contributed by atoms with E-state index in [9.17, 15) is 28.8 Å². The van der Waals surface area contributed by atoms with E-state index in [0.717, 1.165) is 22.3 Å². The number of hydrogen-bond donors (Lipinski definition) is 6. The van der Waals surface area contributed by atoms with Crippen molar-refractivity contribution >= 4 is 35.4 Å². The zero-order chi connectivity index (χ0) is 59.0. The molecule has 0 atom stereocenters. The molecule has 2 aliphatic carbocycles. The van der Waals surface area contributed by atoms with Gasteiger partial charge in [-0.25, -0.2) is 0 Å². The molecule has 2 fully saturated rings. The summed E-state index contributed by atoms with van der Waals surface area (Å²) in [7, 11) is 2.86. The van der Waals surface area contributed by atoms with Crippen molar-refractivity contribution in [3.8, 4) is 34.5 Å². The van der Waals surface area contributed by atoms with E-state index in [0.29, 0.717) is 51.4 Å². The summed E-state index contributed by atoms with van der Waals surface area (Å²) in [6, 6.07) is 45.6. The fraction of sp³-hybridized carbons (Fsp3) is 0.273. The third-order valence-electron chi connectivity index (χ3n) is 14.9. The Kier molecular flexibility index (Phi) is 19.8. The first-order valence-electron chi connectivity index (χ1n) is 27.9. The minimum atomic E-state index is -0.767. The Morgan fingerprint density at radius 1 is 0.333 bits per heavy atom. The van der Waals surface area contributed by atoms with E-state index >= 15 is 0 Å². The quantitative estimate of drug-likeness (QED) is 0.0331. The van der Waals surface area contributed by atoms with Gasteiger partial charge in [-0.2, -0.15) is 0 Å². The molecule has 0 aromatic heterocycles. The number of rotatable bonds is 24. The second kappa shape index (κ2) is 28.2. The van der Waals surface area contributed by atoms with Crippen molar-refractivity contribution in [2.75, 3.05) is 14.2 Å². The summed E-state index contributed by atoms with van der Waals surface area (Å²) in [5.74, 6) is -2.14. The normalized spacial score (nSPS) is 16.4. The van der Waals surface area contributed by atoms with Gasteiger partial charge in [0.2, 0.25) is 0 Å². The highest BCUT2D eigenvalue weighted by molar-refractivity contribution is 6.05. The van der Waals surface area contributed by atoms with Gasteiger partial charge in [-0.1, -0.05) is 121 Å². The predicted molar refractivity (Wildman–Crippen MR) is 315 cm³/mol. The largest absolute Gasteiger partial charge is 0.496 e. The van der Waals surface area contributed by atoms with Crippen LogP contribution in [0.5, 0.6) is 34.5 Å². The van der Waals surface area contributed by atoms with Crippen LogP contribution in [0.1, 0.15) is 136 Å². The third kappa shape index (κ3) is 15.4. The van der Waals surface area contributed by atoms with Crippen molar-refractivity contribution in [2.45, 2.75) is 102 Å². The number of methoxy groups -OCH3 is 2. The van der Waals surface area contributed by atoms with E-state index in [-0.39, 0.29) is 118 Å². The number of primary amides is 2. The van der Waals surface area contributed by atoms with Crippen LogP contribution >= 0.6 is 0 Å². The van der Waals surface area contributed by atoms with Crippen LogP contribution in [0.2, 0.25) is 0 Å². The molecule has 9 rings (SSSR count). The minimum Gasteiger partial charge on any atom is -0.496 e. The van der Waals surface area contributed by atoms with Crippen molar-refractivity contribution in [1.82, 2.24) is 21.3 Å². The van der Waals surface area contributed by atoms with Crippen LogP contribution in [-0.2, 0) is 26.4 Å². The number of nitrogens with two attached hydrogens (primary N) is 2. The molecule has 0 spiro atoms. The number of hydrogen-bond acceptors (Lipinski definition) is 12. The molecular weight excluding hydrogens is 1070 g/mol. The smallest absolute Gasteiger partial charge is 0.255 e. The minimum absolute atomic E-state index is 0.0312. The van der Waals surface area contributed by atoms with Gasteiger partial charge in [0.05, 0.1) is 47.6 Å². The molecular formula is C66H68N6O12. The molecule has 18 nitrogen and oxygen atoms in total. The fourth-order valence-corrected chi connectivity index (χ4v) is 10.4. The molecule has 0 heterocycles. The molecule has 0 unspecified atom stereocenters. The monoisotopic (exact) mass is 1140 g/mol. The van der Waals surface area contributed by atoms with Gasteiger partial charge in [-0.05, 0) is 91.8 Å². The Labute approximate surface area is 487 Å². The highest BCUT2D eigenvalue weighted by Gasteiger charge is 2.31. The Bertz CT molecular complexity index is 3220. The zero-order valence-electron chi connectivity index (χ0n) is 46.9. The molecule has 434 valence electrons. The van der Waals surface area contributed by atoms with Crippen LogP contribution < -0.4 is 61.2 Å². The predicted octanol–water partition coefficient (Wildman–Crippen LogP) is 9.16. The van der Waals surface area contributed by atoms with Gasteiger partial charge < -0.3 is 61.2 Å². The summed E-state index contributed by atoms with van der Waals surface area (Å²) in [6.45, 7) is 0.613. The number of carbonyl (C=O) groups is 6. The van der Waals surface area contributed by atoms with Crippen molar-refractivity contribution in [1.29, 1.82) is 0 Å². The van der Waals surface area contributed by atoms with Crippen LogP contribution in [0, 0.1) is 0 Å². The van der Waals surface area contributed by atoms with Crippen LogP contribution in [-0.4, -0.2) is 73.8 Å². The standard InChI is InChI=1S/C66H68N6O12/c1-79-55-34-56(80-2)52(64(76)70-46-25-29-48(30-26-46)72-66(78)54-32-50(62(68)74)58(82-38-42-17-9-4-10-18-42)36-60(54)84-40-44-21-13-6-14-22-44)33-51(55)63(75)69-45-23-27-47(28-24-45)71-65(77)53-31-49(61(67)73)57(81-37-41-15-7-3-8-16-41)35-59(53)83-39-43-19-11-5-12-20-43/h3-22,31-36,45-48H,23-30,37-40H2,1-2H3,(H2,67,73)(H2,68,74)(H,69,75)(H,70,76)(H,71,77)(H,72,78)/t45-,46-,47-,48-. The molecule has 84 heavy (non-hydrogen) atoms. The highest BCUT2D eigenvalue weighted by Crippen LogP contribution is 2.35. The maximum atomic E-state index is 14.1. The number of carbonyl (C=O) groups excluding carboxylic acids is 6. The molecule has 18 heteroatoms. The van der Waals surface area contributed by atoms with Gasteiger partial charge >= 0.3 is 0 Å². The molecule has 0 aliphatic heterocycles. The summed E-state index contributed by atoms with van der Waals surface area (Å²) in [5, 5.41) is 12.4. The molecule has 2 saturated carbocycles. The first-order valence-corrected chi connectivity index (χ1v) is 27.9. The molecule has 6 amide bonds. The Morgan fingerprint density at radius 3 is 0.786 bits per heavy atom. The highest BCUT2D eigenvalue weighted by atomic mass is 16.5. The Balaban J connectivity index is 0.806. The van der Waals surface area contributed by atoms with E-state index in [1.54, 1.807) is 0 Å². The van der Waals surface area contributed by atoms with Crippen molar-refractivity contribution in [3.05, 3.63) is 213 Å². The average molecular weight is 1140 g/mol. The lowest BCUT2D eigenvalue weighted by Gasteiger charge is -2.30. The van der Waals surface area contributed by atoms with E-state index in [1.165, 1.54) is 50.6 Å². The van der Waals surface area contributed by atoms with Crippen LogP contribution in [0.15, 0.2) is 158 Å². The Hall–Kier alpha value is -9.84. The molecule has 8 N–H and O–H groups in total. The van der Waals surface area contributed by atoms with Gasteiger partial charge in [0.25, 0.3) is 35.4 Å². The molecule has 0 saturated heterocycles. The summed E-state index contributed by atoms with van der Waals surface area (Å²) >= 11 is 0. The van der Waals surface area contributed by atoms with Crippen molar-refractivity contribution in [2.24, 2.45) is 11.5 Å². The maximum absolute atomic E-state index is 14.1. The van der Waals surface area contributed by atoms with Gasteiger partial charge in [0.1, 0.15) is 60.9 Å². The van der Waals surface area contributed by atoms with Gasteiger partial charge in [0, 0.05) is 42.4 Å². The van der Waals surface area contributed by atoms with Crippen LogP contribution in [0.3, 0.4) is 0 Å². The number of amides is 6. The lowest BCUT2D eigenvalue weighted by Crippen LogP contribution is -2.44. The van der Waals surface area contributed by atoms with E-state index < -0.39 is 35.4 Å². The average Bonchev–Trinajstić information content (AvgIpc) is 3.69. The zero-order valence-corrected chi connectivity index (χ0v) is 46.9. The SMILES string of the molecule is COc1cc(OC)c(C(=O)N[C@H]2CC[C@H](NC(=O)c3cc(C(N)=O)c(OCc4ccccc4)cc3OCc3ccccc3)CC2)cc1C(=O)N[C@H]1CC[C@H](NC(=O)c2cc(C(N)=O)c(OCc3ccccc3)cc2OCc2ccccc2)CC1. The summed E-state index contributed by atoms with van der Waals surface area (Å²) in [4.78, 5) is 81.9. The second-order valence-corrected chi connectivity index (χ2v) is 20.8. The summed E-state index contributed by atoms with van der Waals surface area (Å²) in [6.07, 6.45) is 4.19. The van der Waals surface area contributed by atoms with Gasteiger partial charge in [-0.3, -0.25) is 28.8 Å².